The lowest BCUT2D eigenvalue weighted by Crippen LogP contribution is -2.32. The first-order valence-electron chi connectivity index (χ1n) is 6.98. The zero-order valence-electron chi connectivity index (χ0n) is 11.9. The molecular weight excluding hydrogens is 288 g/mol. The maximum Gasteiger partial charge on any atom is 0.333 e. The van der Waals surface area contributed by atoms with Crippen molar-refractivity contribution in [3.63, 3.8) is 0 Å². The van der Waals surface area contributed by atoms with Gasteiger partial charge in [-0.1, -0.05) is 18.2 Å². The molecule has 7 heteroatoms. The highest BCUT2D eigenvalue weighted by Gasteiger charge is 2.32. The van der Waals surface area contributed by atoms with Crippen molar-refractivity contribution in [2.24, 2.45) is 0 Å². The number of carbonyl (C=O) groups is 4. The molecule has 0 spiro atoms. The number of nitrogens with one attached hydrogen (secondary N) is 1. The highest BCUT2D eigenvalue weighted by Crippen LogP contribution is 2.13. The third-order valence-corrected chi connectivity index (χ3v) is 3.04. The van der Waals surface area contributed by atoms with Crippen molar-refractivity contribution in [1.82, 2.24) is 5.06 Å². The molecule has 2 rings (SSSR count). The second-order valence-corrected chi connectivity index (χ2v) is 4.81. The summed E-state index contributed by atoms with van der Waals surface area (Å²) in [6.45, 7) is 0. The molecular formula is C15H16N2O5. The number of amides is 3. The lowest BCUT2D eigenvalue weighted by molar-refractivity contribution is -0.197. The molecule has 3 amide bonds. The molecule has 0 aliphatic carbocycles. The Kier molecular flexibility index (Phi) is 5.24. The third-order valence-electron chi connectivity index (χ3n) is 3.04. The molecule has 1 aliphatic rings. The number of para-hydroxylation sites is 1. The predicted octanol–water partition coefficient (Wildman–Crippen LogP) is 1.40. The Morgan fingerprint density at radius 2 is 1.68 bits per heavy atom. The number of carbonyl (C=O) groups excluding carboxylic acids is 4. The number of hydrogen-bond acceptors (Lipinski definition) is 5. The standard InChI is InChI=1S/C15H16N2O5/c18-12(16-11-5-2-1-3-6-11)7-4-8-15(21)22-17-13(19)9-10-14(17)20/h1-3,5-6H,4,7-10H2,(H,16,18). The van der Waals surface area contributed by atoms with Gasteiger partial charge in [-0.25, -0.2) is 4.79 Å². The summed E-state index contributed by atoms with van der Waals surface area (Å²) in [5.74, 6) is -1.94. The molecule has 1 fully saturated rings. The Balaban J connectivity index is 1.67. The lowest BCUT2D eigenvalue weighted by atomic mass is 10.2. The van der Waals surface area contributed by atoms with Crippen LogP contribution < -0.4 is 5.32 Å². The van der Waals surface area contributed by atoms with Crippen LogP contribution in [0.3, 0.4) is 0 Å². The normalized spacial score (nSPS) is 14.1. The zero-order chi connectivity index (χ0) is 15.9. The van der Waals surface area contributed by atoms with Crippen LogP contribution in [-0.2, 0) is 24.0 Å². The average Bonchev–Trinajstić information content (AvgIpc) is 2.80. The van der Waals surface area contributed by atoms with E-state index in [9.17, 15) is 19.2 Å². The maximum absolute atomic E-state index is 11.7. The highest BCUT2D eigenvalue weighted by atomic mass is 16.7. The van der Waals surface area contributed by atoms with E-state index >= 15 is 0 Å². The number of rotatable bonds is 6. The Hall–Kier alpha value is -2.70. The molecule has 0 bridgehead atoms. The van der Waals surface area contributed by atoms with Gasteiger partial charge in [-0.15, -0.1) is 5.06 Å². The van der Waals surface area contributed by atoms with Crippen LogP contribution >= 0.6 is 0 Å². The fourth-order valence-corrected chi connectivity index (χ4v) is 1.94. The van der Waals surface area contributed by atoms with E-state index in [1.54, 1.807) is 24.3 Å². The van der Waals surface area contributed by atoms with Crippen LogP contribution in [0.15, 0.2) is 30.3 Å². The van der Waals surface area contributed by atoms with E-state index in [-0.39, 0.29) is 38.0 Å². The van der Waals surface area contributed by atoms with Gasteiger partial charge in [0.05, 0.1) is 0 Å². The van der Waals surface area contributed by atoms with Crippen molar-refractivity contribution in [3.05, 3.63) is 30.3 Å². The van der Waals surface area contributed by atoms with Gasteiger partial charge in [0.15, 0.2) is 0 Å². The quantitative estimate of drug-likeness (QED) is 0.802. The van der Waals surface area contributed by atoms with Gasteiger partial charge in [0.25, 0.3) is 11.8 Å². The highest BCUT2D eigenvalue weighted by molar-refractivity contribution is 6.01. The molecule has 0 radical (unpaired) electrons. The van der Waals surface area contributed by atoms with Crippen LogP contribution in [0, 0.1) is 0 Å². The molecule has 116 valence electrons. The third kappa shape index (κ3) is 4.41. The largest absolute Gasteiger partial charge is 0.333 e. The predicted molar refractivity (Wildman–Crippen MR) is 76.1 cm³/mol. The van der Waals surface area contributed by atoms with Gasteiger partial charge in [0.2, 0.25) is 5.91 Å². The van der Waals surface area contributed by atoms with Crippen molar-refractivity contribution >= 4 is 29.4 Å². The Morgan fingerprint density at radius 3 is 2.32 bits per heavy atom. The van der Waals surface area contributed by atoms with Gasteiger partial charge >= 0.3 is 5.97 Å². The second kappa shape index (κ2) is 7.35. The minimum absolute atomic E-state index is 0.0424. The van der Waals surface area contributed by atoms with Gasteiger partial charge in [-0.05, 0) is 18.6 Å². The van der Waals surface area contributed by atoms with Crippen molar-refractivity contribution in [1.29, 1.82) is 0 Å². The number of hydrogen-bond donors (Lipinski definition) is 1. The molecule has 1 heterocycles. The van der Waals surface area contributed by atoms with Crippen LogP contribution in [0.5, 0.6) is 0 Å². The van der Waals surface area contributed by atoms with E-state index < -0.39 is 17.8 Å². The monoisotopic (exact) mass is 304 g/mol. The fourth-order valence-electron chi connectivity index (χ4n) is 1.94. The van der Waals surface area contributed by atoms with E-state index in [0.29, 0.717) is 10.8 Å². The van der Waals surface area contributed by atoms with Gasteiger partial charge in [-0.3, -0.25) is 14.4 Å². The summed E-state index contributed by atoms with van der Waals surface area (Å²) in [6.07, 6.45) is 0.496. The van der Waals surface area contributed by atoms with E-state index in [4.69, 9.17) is 4.84 Å². The first-order chi connectivity index (χ1) is 10.6. The van der Waals surface area contributed by atoms with Crippen LogP contribution in [0.4, 0.5) is 5.69 Å². The van der Waals surface area contributed by atoms with Gasteiger partial charge in [-0.2, -0.15) is 0 Å². The summed E-state index contributed by atoms with van der Waals surface area (Å²) < 4.78 is 0. The molecule has 1 N–H and O–H groups in total. The minimum atomic E-state index is -0.698. The summed E-state index contributed by atoms with van der Waals surface area (Å²) >= 11 is 0. The van der Waals surface area contributed by atoms with E-state index in [1.165, 1.54) is 0 Å². The Morgan fingerprint density at radius 1 is 1.05 bits per heavy atom. The molecule has 0 aromatic heterocycles. The zero-order valence-corrected chi connectivity index (χ0v) is 11.9. The summed E-state index contributed by atoms with van der Waals surface area (Å²) in [7, 11) is 0. The molecule has 0 saturated carbocycles. The number of imide groups is 1. The maximum atomic E-state index is 11.7. The molecule has 22 heavy (non-hydrogen) atoms. The molecule has 1 aliphatic heterocycles. The first-order valence-corrected chi connectivity index (χ1v) is 6.98. The van der Waals surface area contributed by atoms with Crippen molar-refractivity contribution in [2.75, 3.05) is 5.32 Å². The van der Waals surface area contributed by atoms with Crippen LogP contribution in [0.1, 0.15) is 32.1 Å². The van der Waals surface area contributed by atoms with Gasteiger partial charge in [0.1, 0.15) is 0 Å². The Labute approximate surface area is 127 Å². The van der Waals surface area contributed by atoms with Crippen molar-refractivity contribution in [2.45, 2.75) is 32.1 Å². The number of nitrogens with zero attached hydrogens (tertiary/aromatic N) is 1. The van der Waals surface area contributed by atoms with Gasteiger partial charge in [0, 0.05) is 31.4 Å². The van der Waals surface area contributed by atoms with Crippen LogP contribution in [0.25, 0.3) is 0 Å². The van der Waals surface area contributed by atoms with E-state index in [1.807, 2.05) is 6.07 Å². The molecule has 0 unspecified atom stereocenters. The minimum Gasteiger partial charge on any atom is -0.330 e. The molecule has 1 aromatic carbocycles. The van der Waals surface area contributed by atoms with Crippen LogP contribution in [-0.4, -0.2) is 28.8 Å². The number of anilines is 1. The number of hydroxylamine groups is 2. The molecule has 7 nitrogen and oxygen atoms in total. The van der Waals surface area contributed by atoms with E-state index in [0.717, 1.165) is 0 Å². The summed E-state index contributed by atoms with van der Waals surface area (Å²) in [5.41, 5.74) is 0.684. The lowest BCUT2D eigenvalue weighted by Gasteiger charge is -2.12. The smallest absolute Gasteiger partial charge is 0.330 e. The average molecular weight is 304 g/mol. The van der Waals surface area contributed by atoms with Crippen molar-refractivity contribution in [3.8, 4) is 0 Å². The van der Waals surface area contributed by atoms with E-state index in [2.05, 4.69) is 5.32 Å². The van der Waals surface area contributed by atoms with Gasteiger partial charge < -0.3 is 10.2 Å². The molecule has 1 aromatic rings. The number of benzene rings is 1. The molecule has 0 atom stereocenters. The second-order valence-electron chi connectivity index (χ2n) is 4.81. The Bertz CT molecular complexity index is 569. The SMILES string of the molecule is O=C(CCCC(=O)ON1C(=O)CCC1=O)Nc1ccccc1. The fraction of sp³-hybridized carbons (Fsp3) is 0.333. The first kappa shape index (κ1) is 15.7. The summed E-state index contributed by atoms with van der Waals surface area (Å²) in [5, 5.41) is 3.20. The molecule has 1 saturated heterocycles. The summed E-state index contributed by atoms with van der Waals surface area (Å²) in [6, 6.07) is 8.97. The van der Waals surface area contributed by atoms with Crippen LogP contribution in [0.2, 0.25) is 0 Å². The summed E-state index contributed by atoms with van der Waals surface area (Å²) in [4.78, 5) is 50.4. The topological polar surface area (TPSA) is 92.8 Å². The van der Waals surface area contributed by atoms with Crippen molar-refractivity contribution < 1.29 is 24.0 Å².